The maximum atomic E-state index is 13.4. The van der Waals surface area contributed by atoms with Crippen molar-refractivity contribution in [3.05, 3.63) is 89.3 Å². The summed E-state index contributed by atoms with van der Waals surface area (Å²) in [5, 5.41) is 11.8. The first-order valence-corrected chi connectivity index (χ1v) is 13.9. The van der Waals surface area contributed by atoms with Gasteiger partial charge in [-0.05, 0) is 71.8 Å². The number of benzene rings is 2. The van der Waals surface area contributed by atoms with Crippen molar-refractivity contribution in [2.45, 2.75) is 44.6 Å². The first-order valence-electron chi connectivity index (χ1n) is 13.5. The van der Waals surface area contributed by atoms with Crippen LogP contribution in [-0.4, -0.2) is 51.2 Å². The summed E-state index contributed by atoms with van der Waals surface area (Å²) in [6.07, 6.45) is 9.18. The quantitative estimate of drug-likeness (QED) is 0.195. The minimum atomic E-state index is -0.853. The van der Waals surface area contributed by atoms with Crippen LogP contribution in [0.3, 0.4) is 0 Å². The van der Waals surface area contributed by atoms with Crippen LogP contribution in [-0.2, 0) is 20.8 Å². The van der Waals surface area contributed by atoms with Crippen molar-refractivity contribution >= 4 is 29.2 Å². The summed E-state index contributed by atoms with van der Waals surface area (Å²) >= 11 is 6.03. The van der Waals surface area contributed by atoms with Crippen molar-refractivity contribution in [3.8, 4) is 16.9 Å². The van der Waals surface area contributed by atoms with E-state index in [-0.39, 0.29) is 23.8 Å². The molecular weight excluding hydrogens is 530 g/mol. The molecule has 0 unspecified atom stereocenters. The van der Waals surface area contributed by atoms with E-state index in [9.17, 15) is 14.7 Å². The van der Waals surface area contributed by atoms with Crippen LogP contribution in [0.1, 0.15) is 48.2 Å². The van der Waals surface area contributed by atoms with E-state index in [0.29, 0.717) is 17.2 Å². The number of phenolic OH excluding ortho intramolecular Hbond substituents is 1. The second-order valence-electron chi connectivity index (χ2n) is 10.2. The molecule has 1 saturated carbocycles. The summed E-state index contributed by atoms with van der Waals surface area (Å²) in [7, 11) is 1.33. The minimum absolute atomic E-state index is 0.134. The van der Waals surface area contributed by atoms with Crippen LogP contribution in [0.25, 0.3) is 16.8 Å². The van der Waals surface area contributed by atoms with Crippen LogP contribution in [0.4, 0.5) is 0 Å². The SMILES string of the molecule is COC(=O)[C@H](Cc1ccc(O)cc1)N(CC1CCCCC1)OC(=O)c1cn2cc(-c3ccc(Cl)cc3)ccc2n1. The third-order valence-corrected chi connectivity index (χ3v) is 7.64. The molecular formula is C31H32ClN3O5. The molecule has 1 aliphatic carbocycles. The molecule has 2 aromatic heterocycles. The summed E-state index contributed by atoms with van der Waals surface area (Å²) in [6.45, 7) is 0.414. The number of esters is 1. The van der Waals surface area contributed by atoms with Crippen LogP contribution >= 0.6 is 11.6 Å². The van der Waals surface area contributed by atoms with Gasteiger partial charge in [0.2, 0.25) is 0 Å². The van der Waals surface area contributed by atoms with E-state index in [1.807, 2.05) is 42.6 Å². The largest absolute Gasteiger partial charge is 0.508 e. The number of hydrogen-bond acceptors (Lipinski definition) is 7. The number of nitrogens with zero attached hydrogens (tertiary/aromatic N) is 3. The van der Waals surface area contributed by atoms with Crippen LogP contribution in [0.5, 0.6) is 5.75 Å². The fourth-order valence-electron chi connectivity index (χ4n) is 5.20. The van der Waals surface area contributed by atoms with Crippen LogP contribution in [0, 0.1) is 5.92 Å². The molecule has 2 heterocycles. The van der Waals surface area contributed by atoms with E-state index < -0.39 is 18.0 Å². The summed E-state index contributed by atoms with van der Waals surface area (Å²) in [5.74, 6) is -0.724. The van der Waals surface area contributed by atoms with Gasteiger partial charge in [0, 0.05) is 30.4 Å². The van der Waals surface area contributed by atoms with Gasteiger partial charge in [0.25, 0.3) is 0 Å². The van der Waals surface area contributed by atoms with Crippen molar-refractivity contribution in [3.63, 3.8) is 0 Å². The van der Waals surface area contributed by atoms with E-state index in [4.69, 9.17) is 21.2 Å². The fourth-order valence-corrected chi connectivity index (χ4v) is 5.33. The third kappa shape index (κ3) is 6.63. The first kappa shape index (κ1) is 27.7. The Bertz CT molecular complexity index is 1460. The summed E-state index contributed by atoms with van der Waals surface area (Å²) in [6, 6.07) is 17.0. The van der Waals surface area contributed by atoms with Crippen molar-refractivity contribution in [2.75, 3.05) is 13.7 Å². The normalized spacial score (nSPS) is 14.8. The highest BCUT2D eigenvalue weighted by Gasteiger charge is 2.33. The maximum absolute atomic E-state index is 13.4. The molecule has 208 valence electrons. The van der Waals surface area contributed by atoms with Gasteiger partial charge in [-0.2, -0.15) is 0 Å². The highest BCUT2D eigenvalue weighted by molar-refractivity contribution is 6.30. The Hall–Kier alpha value is -3.88. The molecule has 4 aromatic rings. The fraction of sp³-hybridized carbons (Fsp3) is 0.323. The Morgan fingerprint density at radius 3 is 2.40 bits per heavy atom. The van der Waals surface area contributed by atoms with Gasteiger partial charge < -0.3 is 19.1 Å². The van der Waals surface area contributed by atoms with Crippen molar-refractivity contribution in [1.82, 2.24) is 14.4 Å². The Labute approximate surface area is 238 Å². The number of pyridine rings is 1. The highest BCUT2D eigenvalue weighted by atomic mass is 35.5. The van der Waals surface area contributed by atoms with E-state index >= 15 is 0 Å². The lowest BCUT2D eigenvalue weighted by atomic mass is 9.89. The molecule has 1 aliphatic rings. The topological polar surface area (TPSA) is 93.4 Å². The number of hydrogen-bond donors (Lipinski definition) is 1. The highest BCUT2D eigenvalue weighted by Crippen LogP contribution is 2.27. The molecule has 0 spiro atoms. The predicted octanol–water partition coefficient (Wildman–Crippen LogP) is 6.10. The van der Waals surface area contributed by atoms with Gasteiger partial charge in [0.1, 0.15) is 17.4 Å². The standard InChI is InChI=1S/C31H32ClN3O5/c1-39-31(38)28(17-21-7-14-26(36)15-8-21)35(18-22-5-3-2-4-6-22)40-30(37)27-20-34-19-24(11-16-29(34)33-27)23-9-12-25(32)13-10-23/h7-16,19-20,22,28,36H,2-6,17-18H2,1H3/t28-/m0/s1. The summed E-state index contributed by atoms with van der Waals surface area (Å²) < 4.78 is 6.91. The number of aromatic nitrogens is 2. The molecule has 1 N–H and O–H groups in total. The van der Waals surface area contributed by atoms with E-state index in [1.165, 1.54) is 18.6 Å². The van der Waals surface area contributed by atoms with Crippen molar-refractivity contribution in [1.29, 1.82) is 0 Å². The number of carbonyl (C=O) groups is 2. The molecule has 1 fully saturated rings. The zero-order chi connectivity index (χ0) is 28.1. The van der Waals surface area contributed by atoms with Gasteiger partial charge in [0.05, 0.1) is 7.11 Å². The van der Waals surface area contributed by atoms with Gasteiger partial charge in [-0.25, -0.2) is 9.78 Å². The molecule has 9 heteroatoms. The van der Waals surface area contributed by atoms with Crippen molar-refractivity contribution < 1.29 is 24.3 Å². The Morgan fingerprint density at radius 2 is 1.70 bits per heavy atom. The molecule has 5 rings (SSSR count). The Kier molecular flexibility index (Phi) is 8.67. The molecule has 0 radical (unpaired) electrons. The van der Waals surface area contributed by atoms with Crippen molar-refractivity contribution in [2.24, 2.45) is 5.92 Å². The number of carbonyl (C=O) groups excluding carboxylic acids is 2. The molecule has 2 aromatic carbocycles. The smallest absolute Gasteiger partial charge is 0.377 e. The van der Waals surface area contributed by atoms with Crippen LogP contribution in [0.2, 0.25) is 5.02 Å². The number of aromatic hydroxyl groups is 1. The Balaban J connectivity index is 1.40. The number of ether oxygens (including phenoxy) is 1. The number of imidazole rings is 1. The molecule has 40 heavy (non-hydrogen) atoms. The average molecular weight is 562 g/mol. The molecule has 0 amide bonds. The second-order valence-corrected chi connectivity index (χ2v) is 10.6. The van der Waals surface area contributed by atoms with Gasteiger partial charge in [-0.15, -0.1) is 5.06 Å². The number of fused-ring (bicyclic) bond motifs is 1. The lowest BCUT2D eigenvalue weighted by Crippen LogP contribution is -2.47. The van der Waals surface area contributed by atoms with E-state index in [1.54, 1.807) is 34.9 Å². The van der Waals surface area contributed by atoms with Gasteiger partial charge in [0.15, 0.2) is 5.69 Å². The zero-order valence-corrected chi connectivity index (χ0v) is 23.1. The monoisotopic (exact) mass is 561 g/mol. The number of hydroxylamine groups is 2. The maximum Gasteiger partial charge on any atom is 0.377 e. The minimum Gasteiger partial charge on any atom is -0.508 e. The number of halogens is 1. The number of rotatable bonds is 9. The first-order chi connectivity index (χ1) is 19.4. The number of phenols is 1. The predicted molar refractivity (Wildman–Crippen MR) is 152 cm³/mol. The van der Waals surface area contributed by atoms with E-state index in [0.717, 1.165) is 42.4 Å². The van der Waals surface area contributed by atoms with Crippen LogP contribution in [0.15, 0.2) is 73.1 Å². The molecule has 0 saturated heterocycles. The Morgan fingerprint density at radius 1 is 1.00 bits per heavy atom. The lowest BCUT2D eigenvalue weighted by molar-refractivity contribution is -0.178. The summed E-state index contributed by atoms with van der Waals surface area (Å²) in [4.78, 5) is 36.8. The molecule has 0 bridgehead atoms. The third-order valence-electron chi connectivity index (χ3n) is 7.39. The van der Waals surface area contributed by atoms with Gasteiger partial charge >= 0.3 is 11.9 Å². The molecule has 8 nitrogen and oxygen atoms in total. The average Bonchev–Trinajstić information content (AvgIpc) is 3.41. The lowest BCUT2D eigenvalue weighted by Gasteiger charge is -2.32. The summed E-state index contributed by atoms with van der Waals surface area (Å²) in [5.41, 5.74) is 3.46. The molecule has 0 aliphatic heterocycles. The van der Waals surface area contributed by atoms with E-state index in [2.05, 4.69) is 4.98 Å². The number of methoxy groups -OCH3 is 1. The van der Waals surface area contributed by atoms with Gasteiger partial charge in [-0.3, -0.25) is 4.79 Å². The molecule has 1 atom stereocenters. The zero-order valence-electron chi connectivity index (χ0n) is 22.3. The van der Waals surface area contributed by atoms with Crippen LogP contribution < -0.4 is 0 Å². The second kappa shape index (κ2) is 12.5. The van der Waals surface area contributed by atoms with Gasteiger partial charge in [-0.1, -0.05) is 55.1 Å².